The van der Waals surface area contributed by atoms with E-state index in [9.17, 15) is 8.42 Å². The Balaban J connectivity index is 1.98. The molecule has 3 heterocycles. The molecule has 1 N–H and O–H groups in total. The van der Waals surface area contributed by atoms with E-state index in [1.54, 1.807) is 24.4 Å². The molecular weight excluding hydrogens is 318 g/mol. The van der Waals surface area contributed by atoms with Crippen molar-refractivity contribution in [1.82, 2.24) is 14.1 Å². The maximum atomic E-state index is 12.5. The van der Waals surface area contributed by atoms with E-state index in [1.807, 2.05) is 11.8 Å². The number of pyridine rings is 1. The van der Waals surface area contributed by atoms with Gasteiger partial charge >= 0.3 is 0 Å². The van der Waals surface area contributed by atoms with Crippen LogP contribution in [0.15, 0.2) is 29.4 Å². The standard InChI is InChI=1S/C12H14ClN3O2S2/c13-11-12(16-6-2-1-3-10(16)14-11)20(17,18)15-9-4-7-19-8-5-9/h1-3,6,9,15H,4-5,7-8H2. The quantitative estimate of drug-likeness (QED) is 0.936. The van der Waals surface area contributed by atoms with Gasteiger partial charge in [-0.25, -0.2) is 18.1 Å². The van der Waals surface area contributed by atoms with Gasteiger partial charge in [0.15, 0.2) is 10.2 Å². The first-order chi connectivity index (χ1) is 9.58. The van der Waals surface area contributed by atoms with Gasteiger partial charge in [-0.1, -0.05) is 17.7 Å². The van der Waals surface area contributed by atoms with Gasteiger partial charge in [-0.2, -0.15) is 11.8 Å². The molecule has 0 atom stereocenters. The van der Waals surface area contributed by atoms with Crippen molar-refractivity contribution in [2.24, 2.45) is 0 Å². The Labute approximate surface area is 126 Å². The van der Waals surface area contributed by atoms with Gasteiger partial charge in [0.25, 0.3) is 10.0 Å². The first kappa shape index (κ1) is 14.2. The van der Waals surface area contributed by atoms with E-state index in [0.29, 0.717) is 5.65 Å². The van der Waals surface area contributed by atoms with Gasteiger partial charge in [0, 0.05) is 12.2 Å². The molecular formula is C12H14ClN3O2S2. The summed E-state index contributed by atoms with van der Waals surface area (Å²) in [5, 5.41) is 0.0295. The largest absolute Gasteiger partial charge is 0.288 e. The van der Waals surface area contributed by atoms with Crippen LogP contribution in [0, 0.1) is 0 Å². The fourth-order valence-corrected chi connectivity index (χ4v) is 5.33. The summed E-state index contributed by atoms with van der Waals surface area (Å²) in [5.74, 6) is 1.96. The summed E-state index contributed by atoms with van der Waals surface area (Å²) in [6.45, 7) is 0. The molecule has 5 nitrogen and oxygen atoms in total. The Hall–Kier alpha value is -0.760. The molecule has 0 unspecified atom stereocenters. The van der Waals surface area contributed by atoms with Gasteiger partial charge in [-0.3, -0.25) is 4.40 Å². The molecule has 0 aromatic carbocycles. The number of thioether (sulfide) groups is 1. The minimum Gasteiger partial charge on any atom is -0.288 e. The highest BCUT2D eigenvalue weighted by Gasteiger charge is 2.27. The Kier molecular flexibility index (Phi) is 3.94. The van der Waals surface area contributed by atoms with Crippen molar-refractivity contribution in [3.05, 3.63) is 29.5 Å². The van der Waals surface area contributed by atoms with Crippen molar-refractivity contribution in [1.29, 1.82) is 0 Å². The Morgan fingerprint density at radius 1 is 1.35 bits per heavy atom. The Morgan fingerprint density at radius 2 is 2.10 bits per heavy atom. The average molecular weight is 332 g/mol. The maximum absolute atomic E-state index is 12.5. The summed E-state index contributed by atoms with van der Waals surface area (Å²) in [4.78, 5) is 4.08. The van der Waals surface area contributed by atoms with Crippen LogP contribution in [-0.2, 0) is 10.0 Å². The van der Waals surface area contributed by atoms with Gasteiger partial charge < -0.3 is 0 Å². The summed E-state index contributed by atoms with van der Waals surface area (Å²) in [5.41, 5.74) is 0.525. The third-order valence-corrected chi connectivity index (χ3v) is 6.21. The summed E-state index contributed by atoms with van der Waals surface area (Å²) >= 11 is 7.86. The molecule has 1 fully saturated rings. The normalized spacial score (nSPS) is 17.6. The third kappa shape index (κ3) is 2.67. The van der Waals surface area contributed by atoms with Crippen molar-refractivity contribution >= 4 is 39.0 Å². The van der Waals surface area contributed by atoms with Crippen LogP contribution in [0.1, 0.15) is 12.8 Å². The molecule has 1 aliphatic heterocycles. The monoisotopic (exact) mass is 331 g/mol. The van der Waals surface area contributed by atoms with Crippen LogP contribution in [0.5, 0.6) is 0 Å². The third-order valence-electron chi connectivity index (χ3n) is 3.24. The van der Waals surface area contributed by atoms with Crippen LogP contribution in [-0.4, -0.2) is 35.4 Å². The minimum absolute atomic E-state index is 0.00823. The fourth-order valence-electron chi connectivity index (χ4n) is 2.28. The lowest BCUT2D eigenvalue weighted by molar-refractivity contribution is 0.525. The molecule has 3 rings (SSSR count). The SMILES string of the molecule is O=S(=O)(NC1CCSCC1)c1c(Cl)nc2ccccn12. The number of halogens is 1. The number of aromatic nitrogens is 2. The summed E-state index contributed by atoms with van der Waals surface area (Å²) < 4.78 is 29.3. The Bertz CT molecular complexity index is 723. The number of hydrogen-bond acceptors (Lipinski definition) is 4. The van der Waals surface area contributed by atoms with Gasteiger partial charge in [0.05, 0.1) is 0 Å². The molecule has 8 heteroatoms. The van der Waals surface area contributed by atoms with Crippen LogP contribution < -0.4 is 4.72 Å². The van der Waals surface area contributed by atoms with Crippen LogP contribution in [0.4, 0.5) is 0 Å². The van der Waals surface area contributed by atoms with Crippen molar-refractivity contribution < 1.29 is 8.42 Å². The molecule has 2 aromatic heterocycles. The van der Waals surface area contributed by atoms with Crippen LogP contribution in [0.25, 0.3) is 5.65 Å². The number of nitrogens with zero attached hydrogens (tertiary/aromatic N) is 2. The topological polar surface area (TPSA) is 63.5 Å². The van der Waals surface area contributed by atoms with E-state index in [4.69, 9.17) is 11.6 Å². The van der Waals surface area contributed by atoms with Crippen LogP contribution in [0.3, 0.4) is 0 Å². The molecule has 2 aromatic rings. The average Bonchev–Trinajstić information content (AvgIpc) is 2.75. The summed E-state index contributed by atoms with van der Waals surface area (Å²) in [6.07, 6.45) is 3.34. The molecule has 1 aliphatic rings. The summed E-state index contributed by atoms with van der Waals surface area (Å²) in [6, 6.07) is 5.25. The Morgan fingerprint density at radius 3 is 2.85 bits per heavy atom. The van der Waals surface area contributed by atoms with E-state index in [-0.39, 0.29) is 16.2 Å². The van der Waals surface area contributed by atoms with Gasteiger partial charge in [-0.05, 0) is 36.5 Å². The number of sulfonamides is 1. The molecule has 0 spiro atoms. The predicted octanol–water partition coefficient (Wildman–Crippen LogP) is 2.16. The first-order valence-electron chi connectivity index (χ1n) is 6.30. The van der Waals surface area contributed by atoms with E-state index in [1.165, 1.54) is 4.40 Å². The van der Waals surface area contributed by atoms with E-state index < -0.39 is 10.0 Å². The van der Waals surface area contributed by atoms with E-state index >= 15 is 0 Å². The molecule has 0 aliphatic carbocycles. The van der Waals surface area contributed by atoms with Crippen LogP contribution >= 0.6 is 23.4 Å². The second-order valence-corrected chi connectivity index (χ2v) is 7.86. The van der Waals surface area contributed by atoms with Gasteiger partial charge in [0.1, 0.15) is 5.65 Å². The van der Waals surface area contributed by atoms with E-state index in [2.05, 4.69) is 9.71 Å². The number of nitrogens with one attached hydrogen (secondary N) is 1. The lowest BCUT2D eigenvalue weighted by Gasteiger charge is -2.22. The van der Waals surface area contributed by atoms with Crippen molar-refractivity contribution in [2.45, 2.75) is 23.9 Å². The zero-order valence-electron chi connectivity index (χ0n) is 10.6. The van der Waals surface area contributed by atoms with Gasteiger partial charge in [0.2, 0.25) is 0 Å². The first-order valence-corrected chi connectivity index (χ1v) is 9.32. The molecule has 0 amide bonds. The predicted molar refractivity (Wildman–Crippen MR) is 80.9 cm³/mol. The lowest BCUT2D eigenvalue weighted by Crippen LogP contribution is -2.37. The molecule has 1 saturated heterocycles. The highest BCUT2D eigenvalue weighted by Crippen LogP contribution is 2.24. The molecule has 0 saturated carbocycles. The number of fused-ring (bicyclic) bond motifs is 1. The van der Waals surface area contributed by atoms with E-state index in [0.717, 1.165) is 24.3 Å². The smallest absolute Gasteiger partial charge is 0.260 e. The number of hydrogen-bond donors (Lipinski definition) is 1. The second kappa shape index (κ2) is 5.55. The van der Waals surface area contributed by atoms with Gasteiger partial charge in [-0.15, -0.1) is 0 Å². The highest BCUT2D eigenvalue weighted by atomic mass is 35.5. The lowest BCUT2D eigenvalue weighted by atomic mass is 10.2. The fraction of sp³-hybridized carbons (Fsp3) is 0.417. The zero-order chi connectivity index (χ0) is 14.2. The molecule has 0 radical (unpaired) electrons. The maximum Gasteiger partial charge on any atom is 0.260 e. The minimum atomic E-state index is -3.66. The second-order valence-electron chi connectivity index (χ2n) is 4.64. The molecule has 0 bridgehead atoms. The number of imidazole rings is 1. The highest BCUT2D eigenvalue weighted by molar-refractivity contribution is 7.99. The van der Waals surface area contributed by atoms with Crippen molar-refractivity contribution in [3.8, 4) is 0 Å². The molecule has 20 heavy (non-hydrogen) atoms. The zero-order valence-corrected chi connectivity index (χ0v) is 13.0. The number of rotatable bonds is 3. The molecule has 108 valence electrons. The van der Waals surface area contributed by atoms with Crippen molar-refractivity contribution in [2.75, 3.05) is 11.5 Å². The van der Waals surface area contributed by atoms with Crippen molar-refractivity contribution in [3.63, 3.8) is 0 Å². The van der Waals surface area contributed by atoms with Crippen LogP contribution in [0.2, 0.25) is 5.15 Å². The summed E-state index contributed by atoms with van der Waals surface area (Å²) in [7, 11) is -3.66.